The van der Waals surface area contributed by atoms with Gasteiger partial charge in [0.1, 0.15) is 0 Å². The molecule has 1 atom stereocenters. The molecule has 0 aliphatic heterocycles. The van der Waals surface area contributed by atoms with Gasteiger partial charge in [-0.25, -0.2) is 0 Å². The molecule has 4 heteroatoms. The molecule has 2 aromatic rings. The van der Waals surface area contributed by atoms with E-state index >= 15 is 0 Å². The lowest BCUT2D eigenvalue weighted by Crippen LogP contribution is -1.95. The minimum Gasteiger partial charge on any atom is -0.152 e. The van der Waals surface area contributed by atoms with Crippen molar-refractivity contribution in [1.82, 2.24) is 0 Å². The van der Waals surface area contributed by atoms with Crippen LogP contribution in [-0.2, 0) is 6.42 Å². The summed E-state index contributed by atoms with van der Waals surface area (Å²) in [6.07, 6.45) is 0.839. The van der Waals surface area contributed by atoms with Crippen molar-refractivity contribution in [2.24, 2.45) is 0 Å². The maximum Gasteiger partial charge on any atom is 0.0636 e. The maximum absolute atomic E-state index is 6.39. The Morgan fingerprint density at radius 3 is 2.75 bits per heavy atom. The van der Waals surface area contributed by atoms with Crippen molar-refractivity contribution in [1.29, 1.82) is 0 Å². The highest BCUT2D eigenvalue weighted by atomic mass is 79.9. The van der Waals surface area contributed by atoms with Gasteiger partial charge < -0.3 is 0 Å². The molecule has 0 bridgehead atoms. The maximum atomic E-state index is 6.39. The van der Waals surface area contributed by atoms with E-state index in [-0.39, 0.29) is 5.38 Å². The van der Waals surface area contributed by atoms with Crippen LogP contribution >= 0.6 is 50.5 Å². The second-order valence-electron chi connectivity index (χ2n) is 3.47. The van der Waals surface area contributed by atoms with E-state index in [1.807, 2.05) is 18.2 Å². The van der Waals surface area contributed by atoms with Crippen molar-refractivity contribution < 1.29 is 0 Å². The molecule has 16 heavy (non-hydrogen) atoms. The average Bonchev–Trinajstić information content (AvgIpc) is 2.70. The van der Waals surface area contributed by atoms with Gasteiger partial charge in [-0.3, -0.25) is 0 Å². The number of hydrogen-bond acceptors (Lipinski definition) is 1. The van der Waals surface area contributed by atoms with Gasteiger partial charge in [0.05, 0.1) is 5.38 Å². The van der Waals surface area contributed by atoms with Gasteiger partial charge in [0, 0.05) is 9.50 Å². The zero-order valence-electron chi connectivity index (χ0n) is 8.29. The van der Waals surface area contributed by atoms with Gasteiger partial charge in [0.15, 0.2) is 0 Å². The van der Waals surface area contributed by atoms with Crippen molar-refractivity contribution >= 4 is 50.5 Å². The van der Waals surface area contributed by atoms with Gasteiger partial charge in [0.2, 0.25) is 0 Å². The standard InChI is InChI=1S/C12H9BrCl2S/c13-11-6-9(14)1-2-10(11)12(15)5-8-3-4-16-7-8/h1-4,6-7,12H,5H2. The Bertz CT molecular complexity index is 468. The highest BCUT2D eigenvalue weighted by molar-refractivity contribution is 9.10. The third-order valence-electron chi connectivity index (χ3n) is 2.29. The van der Waals surface area contributed by atoms with Crippen LogP contribution in [-0.4, -0.2) is 0 Å². The Balaban J connectivity index is 2.17. The van der Waals surface area contributed by atoms with E-state index in [0.717, 1.165) is 21.5 Å². The summed E-state index contributed by atoms with van der Waals surface area (Å²) in [7, 11) is 0. The highest BCUT2D eigenvalue weighted by Gasteiger charge is 2.12. The Hall–Kier alpha value is -0.0200. The molecule has 0 amide bonds. The van der Waals surface area contributed by atoms with Crippen LogP contribution in [0.25, 0.3) is 0 Å². The molecule has 1 heterocycles. The predicted octanol–water partition coefficient (Wildman–Crippen LogP) is 5.69. The number of thiophene rings is 1. The molecule has 0 spiro atoms. The van der Waals surface area contributed by atoms with E-state index in [0.29, 0.717) is 0 Å². The van der Waals surface area contributed by atoms with Crippen LogP contribution < -0.4 is 0 Å². The van der Waals surface area contributed by atoms with Crippen molar-refractivity contribution in [3.05, 3.63) is 55.6 Å². The lowest BCUT2D eigenvalue weighted by Gasteiger charge is -2.11. The number of halogens is 3. The zero-order chi connectivity index (χ0) is 11.5. The van der Waals surface area contributed by atoms with E-state index in [1.165, 1.54) is 5.56 Å². The van der Waals surface area contributed by atoms with Crippen molar-refractivity contribution in [3.8, 4) is 0 Å². The smallest absolute Gasteiger partial charge is 0.0636 e. The highest BCUT2D eigenvalue weighted by Crippen LogP contribution is 2.33. The van der Waals surface area contributed by atoms with Crippen LogP contribution in [0.2, 0.25) is 5.02 Å². The van der Waals surface area contributed by atoms with Gasteiger partial charge >= 0.3 is 0 Å². The summed E-state index contributed by atoms with van der Waals surface area (Å²) in [6, 6.07) is 7.81. The Kier molecular flexibility index (Phi) is 4.31. The molecule has 0 aliphatic carbocycles. The summed E-state index contributed by atoms with van der Waals surface area (Å²) in [5.41, 5.74) is 2.35. The first-order valence-corrected chi connectivity index (χ1v) is 7.32. The van der Waals surface area contributed by atoms with Gasteiger partial charge in [-0.05, 0) is 46.5 Å². The van der Waals surface area contributed by atoms with E-state index < -0.39 is 0 Å². The van der Waals surface area contributed by atoms with E-state index in [1.54, 1.807) is 11.3 Å². The van der Waals surface area contributed by atoms with Crippen LogP contribution in [0.1, 0.15) is 16.5 Å². The summed E-state index contributed by atoms with van der Waals surface area (Å²) in [5.74, 6) is 0. The van der Waals surface area contributed by atoms with E-state index in [9.17, 15) is 0 Å². The number of rotatable bonds is 3. The van der Waals surface area contributed by atoms with Crippen molar-refractivity contribution in [2.45, 2.75) is 11.8 Å². The first kappa shape index (κ1) is 12.4. The fourth-order valence-corrected chi connectivity index (χ4v) is 3.62. The molecule has 0 nitrogen and oxygen atoms in total. The molecule has 0 N–H and O–H groups in total. The van der Waals surface area contributed by atoms with Gasteiger partial charge in [-0.1, -0.05) is 33.6 Å². The van der Waals surface area contributed by atoms with Crippen LogP contribution in [0.15, 0.2) is 39.5 Å². The molecular weight excluding hydrogens is 327 g/mol. The number of alkyl halides is 1. The molecule has 1 aromatic heterocycles. The SMILES string of the molecule is Clc1ccc(C(Cl)Cc2ccsc2)c(Br)c1. The first-order valence-electron chi connectivity index (χ1n) is 4.77. The van der Waals surface area contributed by atoms with Crippen LogP contribution in [0.4, 0.5) is 0 Å². The molecule has 1 unspecified atom stereocenters. The van der Waals surface area contributed by atoms with Crippen LogP contribution in [0, 0.1) is 0 Å². The van der Waals surface area contributed by atoms with Crippen LogP contribution in [0.3, 0.4) is 0 Å². The Morgan fingerprint density at radius 2 is 2.12 bits per heavy atom. The monoisotopic (exact) mass is 334 g/mol. The molecule has 0 fully saturated rings. The first-order chi connectivity index (χ1) is 7.66. The summed E-state index contributed by atoms with van der Waals surface area (Å²) in [6.45, 7) is 0. The quantitative estimate of drug-likeness (QED) is 0.632. The van der Waals surface area contributed by atoms with E-state index in [2.05, 4.69) is 32.8 Å². The van der Waals surface area contributed by atoms with Gasteiger partial charge in [-0.2, -0.15) is 11.3 Å². The average molecular weight is 336 g/mol. The minimum atomic E-state index is -0.0266. The summed E-state index contributed by atoms with van der Waals surface area (Å²) >= 11 is 17.5. The fraction of sp³-hybridized carbons (Fsp3) is 0.167. The Morgan fingerprint density at radius 1 is 1.31 bits per heavy atom. The second kappa shape index (κ2) is 5.54. The molecule has 0 radical (unpaired) electrons. The topological polar surface area (TPSA) is 0 Å². The number of benzene rings is 1. The summed E-state index contributed by atoms with van der Waals surface area (Å²) in [5, 5.41) is 4.88. The Labute approximate surface area is 117 Å². The molecule has 0 aliphatic rings. The van der Waals surface area contributed by atoms with Gasteiger partial charge in [0.25, 0.3) is 0 Å². The largest absolute Gasteiger partial charge is 0.152 e. The third-order valence-corrected chi connectivity index (χ3v) is 4.34. The summed E-state index contributed by atoms with van der Waals surface area (Å²) < 4.78 is 0.968. The zero-order valence-corrected chi connectivity index (χ0v) is 12.2. The third kappa shape index (κ3) is 3.01. The predicted molar refractivity (Wildman–Crippen MR) is 75.8 cm³/mol. The molecule has 0 saturated heterocycles. The molecule has 1 aromatic carbocycles. The van der Waals surface area contributed by atoms with Gasteiger partial charge in [-0.15, -0.1) is 11.6 Å². The second-order valence-corrected chi connectivity index (χ2v) is 6.07. The minimum absolute atomic E-state index is 0.0266. The molecular formula is C12H9BrCl2S. The molecule has 2 rings (SSSR count). The fourth-order valence-electron chi connectivity index (χ4n) is 1.48. The number of hydrogen-bond donors (Lipinski definition) is 0. The van der Waals surface area contributed by atoms with Crippen molar-refractivity contribution in [2.75, 3.05) is 0 Å². The van der Waals surface area contributed by atoms with Crippen molar-refractivity contribution in [3.63, 3.8) is 0 Å². The summed E-state index contributed by atoms with van der Waals surface area (Å²) in [4.78, 5) is 0. The molecule has 0 saturated carbocycles. The normalized spacial score (nSPS) is 12.7. The van der Waals surface area contributed by atoms with Crippen LogP contribution in [0.5, 0.6) is 0 Å². The lowest BCUT2D eigenvalue weighted by molar-refractivity contribution is 0.919. The lowest BCUT2D eigenvalue weighted by atomic mass is 10.1. The van der Waals surface area contributed by atoms with E-state index in [4.69, 9.17) is 23.2 Å². The molecule has 84 valence electrons.